The molecule has 1 saturated heterocycles. The minimum absolute atomic E-state index is 0.0148. The van der Waals surface area contributed by atoms with Crippen LogP contribution in [0.2, 0.25) is 0 Å². The molecule has 0 aromatic carbocycles. The number of hydrogen-bond donors (Lipinski definition) is 3. The van der Waals surface area contributed by atoms with Gasteiger partial charge in [-0.2, -0.15) is 9.67 Å². The number of piperazine rings is 1. The van der Waals surface area contributed by atoms with E-state index in [4.69, 9.17) is 20.8 Å². The Bertz CT molecular complexity index is 1580. The van der Waals surface area contributed by atoms with Crippen LogP contribution < -0.4 is 21.3 Å². The summed E-state index contributed by atoms with van der Waals surface area (Å²) in [5, 5.41) is 11.8. The minimum Gasteiger partial charge on any atom is -0.383 e. The number of aryl methyl sites for hydroxylation is 2. The number of aromatic nitrogens is 5. The van der Waals surface area contributed by atoms with Crippen LogP contribution in [0.5, 0.6) is 0 Å². The number of hydrogen-bond acceptors (Lipinski definition) is 9. The molecule has 0 amide bonds. The fraction of sp³-hybridized carbons (Fsp3) is 0.500. The molecule has 218 valence electrons. The monoisotopic (exact) mass is 564 g/mol. The second-order valence-corrected chi connectivity index (χ2v) is 12.8. The maximum Gasteiger partial charge on any atom is 0.248 e. The van der Waals surface area contributed by atoms with Crippen LogP contribution in [0.15, 0.2) is 42.1 Å². The van der Waals surface area contributed by atoms with Crippen LogP contribution in [0.4, 0.5) is 29.1 Å². The molecule has 5 heterocycles. The Labute approximate surface area is 247 Å². The molecule has 1 saturated carbocycles. The predicted molar refractivity (Wildman–Crippen MR) is 167 cm³/mol. The van der Waals surface area contributed by atoms with Crippen molar-refractivity contribution < 1.29 is 0 Å². The Balaban J connectivity index is 1.03. The highest BCUT2D eigenvalue weighted by molar-refractivity contribution is 5.65. The molecule has 6 aliphatic rings. The van der Waals surface area contributed by atoms with Crippen molar-refractivity contribution in [3.05, 3.63) is 59.0 Å². The van der Waals surface area contributed by atoms with E-state index in [1.54, 1.807) is 4.68 Å². The Morgan fingerprint density at radius 1 is 1.12 bits per heavy atom. The molecule has 0 spiro atoms. The highest BCUT2D eigenvalue weighted by Gasteiger charge is 2.38. The van der Waals surface area contributed by atoms with Crippen LogP contribution in [-0.4, -0.2) is 68.9 Å². The number of nitrogens with one attached hydrogen (secondary N) is 2. The van der Waals surface area contributed by atoms with E-state index >= 15 is 0 Å². The minimum atomic E-state index is -0.0148. The number of nitrogens with two attached hydrogens (primary N) is 1. The van der Waals surface area contributed by atoms with Gasteiger partial charge >= 0.3 is 0 Å². The second-order valence-electron chi connectivity index (χ2n) is 12.8. The van der Waals surface area contributed by atoms with Gasteiger partial charge in [-0.3, -0.25) is 4.90 Å². The number of nitrogen functional groups attached to an aromatic ring is 1. The summed E-state index contributed by atoms with van der Waals surface area (Å²) in [6, 6.07) is 4.29. The maximum atomic E-state index is 6.45. The molecule has 4 aliphatic carbocycles. The molecule has 10 heteroatoms. The molecule has 2 fully saturated rings. The van der Waals surface area contributed by atoms with Crippen molar-refractivity contribution in [1.29, 1.82) is 0 Å². The van der Waals surface area contributed by atoms with E-state index < -0.39 is 0 Å². The lowest BCUT2D eigenvalue weighted by Gasteiger charge is -2.40. The first-order valence-corrected chi connectivity index (χ1v) is 15.6. The smallest absolute Gasteiger partial charge is 0.248 e. The third kappa shape index (κ3) is 4.71. The van der Waals surface area contributed by atoms with Crippen molar-refractivity contribution in [2.24, 2.45) is 5.92 Å². The molecule has 42 heavy (non-hydrogen) atoms. The van der Waals surface area contributed by atoms with Gasteiger partial charge in [0.25, 0.3) is 0 Å². The molecule has 1 unspecified atom stereocenters. The number of fused-ring (bicyclic) bond motifs is 3. The second kappa shape index (κ2) is 10.1. The van der Waals surface area contributed by atoms with Crippen LogP contribution in [0.3, 0.4) is 0 Å². The number of nitrogens with zero attached hydrogens (tertiary/aromatic N) is 7. The third-order valence-electron chi connectivity index (χ3n) is 9.76. The first-order valence-electron chi connectivity index (χ1n) is 15.6. The Morgan fingerprint density at radius 2 is 2.00 bits per heavy atom. The fourth-order valence-electron chi connectivity index (χ4n) is 7.17. The zero-order valence-corrected chi connectivity index (χ0v) is 24.4. The normalized spacial score (nSPS) is 23.5. The van der Waals surface area contributed by atoms with E-state index in [0.29, 0.717) is 11.9 Å². The summed E-state index contributed by atoms with van der Waals surface area (Å²) >= 11 is 0. The summed E-state index contributed by atoms with van der Waals surface area (Å²) in [6.45, 7) is 8.64. The quantitative estimate of drug-likeness (QED) is 0.382. The summed E-state index contributed by atoms with van der Waals surface area (Å²) in [7, 11) is 0. The molecule has 2 aliphatic heterocycles. The summed E-state index contributed by atoms with van der Waals surface area (Å²) < 4.78 is 1.67. The van der Waals surface area contributed by atoms with Crippen LogP contribution in [0.1, 0.15) is 55.3 Å². The Hall–Kier alpha value is -3.92. The molecule has 3 aromatic heterocycles. The van der Waals surface area contributed by atoms with E-state index in [1.165, 1.54) is 36.2 Å². The largest absolute Gasteiger partial charge is 0.383 e. The van der Waals surface area contributed by atoms with Crippen molar-refractivity contribution in [3.63, 3.8) is 0 Å². The summed E-state index contributed by atoms with van der Waals surface area (Å²) in [4.78, 5) is 19.4. The molecule has 1 atom stereocenters. The van der Waals surface area contributed by atoms with Gasteiger partial charge in [0.05, 0.1) is 23.3 Å². The molecule has 10 nitrogen and oxygen atoms in total. The Morgan fingerprint density at radius 3 is 2.74 bits per heavy atom. The van der Waals surface area contributed by atoms with Gasteiger partial charge in [0.2, 0.25) is 11.9 Å². The van der Waals surface area contributed by atoms with E-state index in [0.717, 1.165) is 99.3 Å². The number of anilines is 5. The molecule has 3 aromatic rings. The van der Waals surface area contributed by atoms with E-state index in [9.17, 15) is 0 Å². The van der Waals surface area contributed by atoms with Crippen LogP contribution in [-0.2, 0) is 11.8 Å². The third-order valence-corrected chi connectivity index (χ3v) is 9.76. The highest BCUT2D eigenvalue weighted by Crippen LogP contribution is 2.48. The van der Waals surface area contributed by atoms with Gasteiger partial charge in [-0.1, -0.05) is 23.8 Å². The van der Waals surface area contributed by atoms with E-state index in [2.05, 4.69) is 62.7 Å². The molecular formula is C32H40N10. The predicted octanol–water partition coefficient (Wildman–Crippen LogP) is 4.50. The van der Waals surface area contributed by atoms with Gasteiger partial charge in [0.15, 0.2) is 5.82 Å². The molecule has 9 rings (SSSR count). The van der Waals surface area contributed by atoms with Crippen molar-refractivity contribution in [1.82, 2.24) is 29.6 Å². The molecular weight excluding hydrogens is 524 g/mol. The lowest BCUT2D eigenvalue weighted by atomic mass is 9.65. The summed E-state index contributed by atoms with van der Waals surface area (Å²) in [5.41, 5.74) is 13.4. The van der Waals surface area contributed by atoms with Gasteiger partial charge in [0, 0.05) is 44.7 Å². The molecule has 2 bridgehead atoms. The molecule has 0 radical (unpaired) electrons. The van der Waals surface area contributed by atoms with Crippen LogP contribution >= 0.6 is 0 Å². The summed E-state index contributed by atoms with van der Waals surface area (Å²) in [6.07, 6.45) is 17.0. The zero-order valence-electron chi connectivity index (χ0n) is 24.4. The van der Waals surface area contributed by atoms with E-state index in [-0.39, 0.29) is 5.41 Å². The van der Waals surface area contributed by atoms with Crippen molar-refractivity contribution in [3.8, 4) is 5.82 Å². The lowest BCUT2D eigenvalue weighted by molar-refractivity contribution is 0.247. The zero-order chi connectivity index (χ0) is 28.3. The summed E-state index contributed by atoms with van der Waals surface area (Å²) in [5.74, 6) is 3.48. The van der Waals surface area contributed by atoms with Gasteiger partial charge in [0.1, 0.15) is 5.82 Å². The van der Waals surface area contributed by atoms with Crippen molar-refractivity contribution >= 4 is 29.1 Å². The van der Waals surface area contributed by atoms with Gasteiger partial charge in [-0.15, -0.1) is 5.10 Å². The highest BCUT2D eigenvalue weighted by atomic mass is 15.4. The SMILES string of the molecule is Cc1cc(Nc2nc(N)n(-c3cc(C45C=CC(=CC4)CC5)c4c(n3)CCCN4)n2)cnc1N1CCN(CC2CC2)CC1. The first kappa shape index (κ1) is 25.8. The van der Waals surface area contributed by atoms with Gasteiger partial charge in [-0.25, -0.2) is 9.97 Å². The topological polar surface area (TPSA) is 113 Å². The van der Waals surface area contributed by atoms with Gasteiger partial charge in [-0.05, 0) is 81.0 Å². The van der Waals surface area contributed by atoms with Crippen molar-refractivity contribution in [2.75, 3.05) is 60.5 Å². The lowest BCUT2D eigenvalue weighted by Crippen LogP contribution is -2.47. The number of pyridine rings is 2. The van der Waals surface area contributed by atoms with Crippen molar-refractivity contribution in [2.45, 2.75) is 57.3 Å². The van der Waals surface area contributed by atoms with Crippen LogP contribution in [0, 0.1) is 12.8 Å². The Kier molecular flexibility index (Phi) is 6.20. The van der Waals surface area contributed by atoms with Crippen LogP contribution in [0.25, 0.3) is 5.82 Å². The first-order chi connectivity index (χ1) is 20.5. The van der Waals surface area contributed by atoms with Gasteiger partial charge < -0.3 is 21.3 Å². The average Bonchev–Trinajstić information content (AvgIpc) is 3.77. The fourth-order valence-corrected chi connectivity index (χ4v) is 7.17. The number of rotatable bonds is 7. The number of allylic oxidation sites excluding steroid dienone is 4. The average molecular weight is 565 g/mol. The standard InChI is InChI=1S/C32H40N10/c1-21-17-24(19-35-29(21)41-15-13-40(14-16-41)20-23-4-5-23)36-31-38-30(33)42(39-31)27-18-25(28-26(37-27)3-2-12-34-28)32-9-6-22(7-10-32)8-11-32/h6-7,9,17-19,23,34H,2-5,8,10-16,20H2,1H3,(H3,33,36,38,39). The molecule has 4 N–H and O–H groups in total. The van der Waals surface area contributed by atoms with E-state index in [1.807, 2.05) is 6.20 Å². The maximum absolute atomic E-state index is 6.45.